The SMILES string of the molecule is CCNC(C)Cc1nc2ccc(Br)cc2s1. The smallest absolute Gasteiger partial charge is 0.0954 e. The molecule has 0 radical (unpaired) electrons. The topological polar surface area (TPSA) is 24.9 Å². The van der Waals surface area contributed by atoms with Gasteiger partial charge in [-0.2, -0.15) is 0 Å². The van der Waals surface area contributed by atoms with Gasteiger partial charge in [0.2, 0.25) is 0 Å². The highest BCUT2D eigenvalue weighted by Crippen LogP contribution is 2.26. The summed E-state index contributed by atoms with van der Waals surface area (Å²) in [7, 11) is 0. The molecule has 86 valence electrons. The van der Waals surface area contributed by atoms with Crippen molar-refractivity contribution in [2.75, 3.05) is 6.54 Å². The van der Waals surface area contributed by atoms with Crippen molar-refractivity contribution in [3.8, 4) is 0 Å². The molecule has 0 aliphatic carbocycles. The van der Waals surface area contributed by atoms with Crippen LogP contribution < -0.4 is 5.32 Å². The number of fused-ring (bicyclic) bond motifs is 1. The number of thiazole rings is 1. The van der Waals surface area contributed by atoms with Crippen molar-refractivity contribution in [1.82, 2.24) is 10.3 Å². The molecule has 0 saturated carbocycles. The molecule has 0 saturated heterocycles. The van der Waals surface area contributed by atoms with Crippen LogP contribution >= 0.6 is 27.3 Å². The van der Waals surface area contributed by atoms with E-state index < -0.39 is 0 Å². The molecule has 1 N–H and O–H groups in total. The minimum absolute atomic E-state index is 0.494. The van der Waals surface area contributed by atoms with Gasteiger partial charge < -0.3 is 5.32 Å². The molecule has 1 atom stereocenters. The summed E-state index contributed by atoms with van der Waals surface area (Å²) in [4.78, 5) is 4.63. The first-order valence-corrected chi connectivity index (χ1v) is 7.08. The number of nitrogens with one attached hydrogen (secondary N) is 1. The third kappa shape index (κ3) is 2.81. The number of rotatable bonds is 4. The molecule has 0 aliphatic rings. The Balaban J connectivity index is 2.19. The second kappa shape index (κ2) is 5.25. The van der Waals surface area contributed by atoms with Gasteiger partial charge in [0.25, 0.3) is 0 Å². The summed E-state index contributed by atoms with van der Waals surface area (Å²) < 4.78 is 2.38. The molecule has 0 aliphatic heterocycles. The largest absolute Gasteiger partial charge is 0.314 e. The highest BCUT2D eigenvalue weighted by atomic mass is 79.9. The van der Waals surface area contributed by atoms with Crippen molar-refractivity contribution in [2.45, 2.75) is 26.3 Å². The number of hydrogen-bond donors (Lipinski definition) is 1. The van der Waals surface area contributed by atoms with Crippen LogP contribution in [0.1, 0.15) is 18.9 Å². The molecule has 2 rings (SSSR count). The Morgan fingerprint density at radius 1 is 1.50 bits per heavy atom. The lowest BCUT2D eigenvalue weighted by atomic mass is 10.2. The van der Waals surface area contributed by atoms with E-state index in [9.17, 15) is 0 Å². The summed E-state index contributed by atoms with van der Waals surface area (Å²) in [6.07, 6.45) is 1.00. The van der Waals surface area contributed by atoms with Crippen molar-refractivity contribution in [3.63, 3.8) is 0 Å². The van der Waals surface area contributed by atoms with E-state index in [1.165, 1.54) is 9.71 Å². The molecule has 1 aromatic carbocycles. The molecule has 1 aromatic heterocycles. The van der Waals surface area contributed by atoms with Crippen LogP contribution in [0.5, 0.6) is 0 Å². The monoisotopic (exact) mass is 298 g/mol. The summed E-state index contributed by atoms with van der Waals surface area (Å²) in [5.41, 5.74) is 1.10. The fraction of sp³-hybridized carbons (Fsp3) is 0.417. The van der Waals surface area contributed by atoms with Crippen LogP contribution in [0.15, 0.2) is 22.7 Å². The second-order valence-corrected chi connectivity index (χ2v) is 5.91. The fourth-order valence-corrected chi connectivity index (χ4v) is 3.36. The summed E-state index contributed by atoms with van der Waals surface area (Å²) in [5, 5.41) is 4.62. The van der Waals surface area contributed by atoms with Gasteiger partial charge in [-0.3, -0.25) is 0 Å². The van der Waals surface area contributed by atoms with Crippen molar-refractivity contribution < 1.29 is 0 Å². The van der Waals surface area contributed by atoms with Gasteiger partial charge >= 0.3 is 0 Å². The highest BCUT2D eigenvalue weighted by Gasteiger charge is 2.07. The third-order valence-corrected chi connectivity index (χ3v) is 3.96. The van der Waals surface area contributed by atoms with Crippen LogP contribution in [-0.4, -0.2) is 17.6 Å². The Kier molecular flexibility index (Phi) is 3.95. The Morgan fingerprint density at radius 3 is 3.06 bits per heavy atom. The van der Waals surface area contributed by atoms with Gasteiger partial charge in [-0.15, -0.1) is 11.3 Å². The first-order valence-electron chi connectivity index (χ1n) is 5.47. The van der Waals surface area contributed by atoms with Crippen LogP contribution in [0.2, 0.25) is 0 Å². The Bertz CT molecular complexity index is 481. The zero-order valence-corrected chi connectivity index (χ0v) is 11.9. The molecule has 1 heterocycles. The van der Waals surface area contributed by atoms with Gasteiger partial charge in [-0.1, -0.05) is 22.9 Å². The molecule has 1 unspecified atom stereocenters. The van der Waals surface area contributed by atoms with Gasteiger partial charge in [-0.25, -0.2) is 4.98 Å². The molecule has 0 spiro atoms. The quantitative estimate of drug-likeness (QED) is 0.933. The Morgan fingerprint density at radius 2 is 2.31 bits per heavy atom. The normalized spacial score (nSPS) is 13.2. The predicted octanol–water partition coefficient (Wildman–Crippen LogP) is 3.60. The van der Waals surface area contributed by atoms with E-state index in [1.54, 1.807) is 11.3 Å². The van der Waals surface area contributed by atoms with E-state index in [2.05, 4.69) is 52.2 Å². The molecule has 16 heavy (non-hydrogen) atoms. The van der Waals surface area contributed by atoms with Crippen molar-refractivity contribution in [1.29, 1.82) is 0 Å². The second-order valence-electron chi connectivity index (χ2n) is 3.88. The average Bonchev–Trinajstić information content (AvgIpc) is 2.59. The highest BCUT2D eigenvalue weighted by molar-refractivity contribution is 9.10. The summed E-state index contributed by atoms with van der Waals surface area (Å²) in [5.74, 6) is 0. The fourth-order valence-electron chi connectivity index (χ4n) is 1.72. The van der Waals surface area contributed by atoms with Gasteiger partial charge in [0.1, 0.15) is 0 Å². The number of nitrogens with zero attached hydrogens (tertiary/aromatic N) is 1. The number of halogens is 1. The molecular formula is C12H15BrN2S. The van der Waals surface area contributed by atoms with Crippen LogP contribution in [-0.2, 0) is 6.42 Å². The standard InChI is InChI=1S/C12H15BrN2S/c1-3-14-8(2)6-12-15-10-5-4-9(13)7-11(10)16-12/h4-5,7-8,14H,3,6H2,1-2H3. The third-order valence-electron chi connectivity index (χ3n) is 2.43. The Labute approximate surface area is 108 Å². The molecular weight excluding hydrogens is 284 g/mol. The maximum absolute atomic E-state index is 4.63. The van der Waals surface area contributed by atoms with Crippen molar-refractivity contribution in [2.24, 2.45) is 0 Å². The summed E-state index contributed by atoms with van der Waals surface area (Å²) >= 11 is 5.27. The summed E-state index contributed by atoms with van der Waals surface area (Å²) in [6.45, 7) is 5.34. The lowest BCUT2D eigenvalue weighted by Crippen LogP contribution is -2.27. The molecule has 2 nitrogen and oxygen atoms in total. The number of aromatic nitrogens is 1. The van der Waals surface area contributed by atoms with Crippen LogP contribution in [0, 0.1) is 0 Å². The minimum Gasteiger partial charge on any atom is -0.314 e. The van der Waals surface area contributed by atoms with Gasteiger partial charge in [0.05, 0.1) is 15.2 Å². The lowest BCUT2D eigenvalue weighted by molar-refractivity contribution is 0.564. The predicted molar refractivity (Wildman–Crippen MR) is 74.2 cm³/mol. The minimum atomic E-state index is 0.494. The maximum atomic E-state index is 4.63. The first-order chi connectivity index (χ1) is 7.69. The van der Waals surface area contributed by atoms with E-state index >= 15 is 0 Å². The maximum Gasteiger partial charge on any atom is 0.0954 e. The number of benzene rings is 1. The van der Waals surface area contributed by atoms with E-state index in [1.807, 2.05) is 6.07 Å². The van der Waals surface area contributed by atoms with Crippen molar-refractivity contribution >= 4 is 37.5 Å². The van der Waals surface area contributed by atoms with Gasteiger partial charge in [0.15, 0.2) is 0 Å². The zero-order valence-electron chi connectivity index (χ0n) is 9.46. The van der Waals surface area contributed by atoms with Crippen LogP contribution in [0.3, 0.4) is 0 Å². The summed E-state index contributed by atoms with van der Waals surface area (Å²) in [6, 6.07) is 6.74. The molecule has 0 bridgehead atoms. The molecule has 4 heteroatoms. The van der Waals surface area contributed by atoms with Gasteiger partial charge in [-0.05, 0) is 31.7 Å². The molecule has 0 amide bonds. The van der Waals surface area contributed by atoms with E-state index in [-0.39, 0.29) is 0 Å². The van der Waals surface area contributed by atoms with Gasteiger partial charge in [0, 0.05) is 16.9 Å². The van der Waals surface area contributed by atoms with E-state index in [4.69, 9.17) is 0 Å². The number of likely N-dealkylation sites (N-methyl/N-ethyl adjacent to an activating group) is 1. The van der Waals surface area contributed by atoms with Crippen LogP contribution in [0.25, 0.3) is 10.2 Å². The Hall–Kier alpha value is -0.450. The van der Waals surface area contributed by atoms with E-state index in [0.717, 1.165) is 23.0 Å². The lowest BCUT2D eigenvalue weighted by Gasteiger charge is -2.08. The van der Waals surface area contributed by atoms with E-state index in [0.29, 0.717) is 6.04 Å². The van der Waals surface area contributed by atoms with Crippen molar-refractivity contribution in [3.05, 3.63) is 27.7 Å². The molecule has 2 aromatic rings. The average molecular weight is 299 g/mol. The zero-order chi connectivity index (χ0) is 11.5. The van der Waals surface area contributed by atoms with Crippen LogP contribution in [0.4, 0.5) is 0 Å². The first kappa shape index (κ1) is 12.0. The number of hydrogen-bond acceptors (Lipinski definition) is 3. The molecule has 0 fully saturated rings.